The number of hydrogen-bond acceptors (Lipinski definition) is 3. The summed E-state index contributed by atoms with van der Waals surface area (Å²) in [6, 6.07) is 4.36. The molecular formula is C10H14BrNOS. The minimum absolute atomic E-state index is 0.156. The van der Waals surface area contributed by atoms with Crippen LogP contribution in [0.2, 0.25) is 0 Å². The molecule has 2 atom stereocenters. The van der Waals surface area contributed by atoms with Crippen molar-refractivity contribution in [3.8, 4) is 0 Å². The van der Waals surface area contributed by atoms with Gasteiger partial charge in [-0.15, -0.1) is 11.3 Å². The van der Waals surface area contributed by atoms with Gasteiger partial charge in [0.05, 0.1) is 9.89 Å². The van der Waals surface area contributed by atoms with Crippen molar-refractivity contribution in [3.63, 3.8) is 0 Å². The molecule has 2 nitrogen and oxygen atoms in total. The van der Waals surface area contributed by atoms with Crippen molar-refractivity contribution in [2.24, 2.45) is 5.73 Å². The Balaban J connectivity index is 1.90. The van der Waals surface area contributed by atoms with Crippen molar-refractivity contribution >= 4 is 27.3 Å². The third kappa shape index (κ3) is 2.57. The van der Waals surface area contributed by atoms with E-state index in [-0.39, 0.29) is 12.1 Å². The summed E-state index contributed by atoms with van der Waals surface area (Å²) < 4.78 is 6.73. The molecule has 2 heterocycles. The lowest BCUT2D eigenvalue weighted by Gasteiger charge is -2.17. The standard InChI is InChI=1S/C10H14BrNOS/c11-10-4-3-7(14-10)6-8(12)9-2-1-5-13-9/h3-4,8-9H,1-2,5-6,12H2. The van der Waals surface area contributed by atoms with E-state index in [0.29, 0.717) is 0 Å². The van der Waals surface area contributed by atoms with Crippen molar-refractivity contribution in [2.45, 2.75) is 31.4 Å². The Labute approximate surface area is 96.6 Å². The van der Waals surface area contributed by atoms with Crippen LogP contribution in [0.25, 0.3) is 0 Å². The minimum atomic E-state index is 0.156. The summed E-state index contributed by atoms with van der Waals surface area (Å²) in [7, 11) is 0. The molecule has 0 aliphatic carbocycles. The molecule has 0 radical (unpaired) electrons. The van der Waals surface area contributed by atoms with Gasteiger partial charge >= 0.3 is 0 Å². The molecule has 0 aromatic carbocycles. The molecule has 1 aliphatic rings. The summed E-state index contributed by atoms with van der Waals surface area (Å²) in [6.45, 7) is 0.881. The number of nitrogens with two attached hydrogens (primary N) is 1. The monoisotopic (exact) mass is 275 g/mol. The Morgan fingerprint density at radius 3 is 3.07 bits per heavy atom. The van der Waals surface area contributed by atoms with Crippen LogP contribution in [-0.4, -0.2) is 18.8 Å². The predicted molar refractivity (Wildman–Crippen MR) is 62.7 cm³/mol. The molecule has 1 aromatic heterocycles. The van der Waals surface area contributed by atoms with E-state index in [1.807, 2.05) is 0 Å². The van der Waals surface area contributed by atoms with Gasteiger partial charge in [0.1, 0.15) is 0 Å². The van der Waals surface area contributed by atoms with Crippen LogP contribution in [0, 0.1) is 0 Å². The zero-order chi connectivity index (χ0) is 9.97. The normalized spacial score (nSPS) is 24.0. The van der Waals surface area contributed by atoms with Gasteiger partial charge in [0.2, 0.25) is 0 Å². The Hall–Kier alpha value is 0.1000. The van der Waals surface area contributed by atoms with Crippen molar-refractivity contribution < 1.29 is 4.74 Å². The van der Waals surface area contributed by atoms with Gasteiger partial charge in [-0.1, -0.05) is 0 Å². The van der Waals surface area contributed by atoms with Gasteiger partial charge in [0.15, 0.2) is 0 Å². The molecule has 2 N–H and O–H groups in total. The maximum atomic E-state index is 6.09. The van der Waals surface area contributed by atoms with Crippen LogP contribution >= 0.6 is 27.3 Å². The molecule has 1 saturated heterocycles. The highest BCUT2D eigenvalue weighted by Crippen LogP contribution is 2.25. The van der Waals surface area contributed by atoms with Gasteiger partial charge in [-0.2, -0.15) is 0 Å². The highest BCUT2D eigenvalue weighted by Gasteiger charge is 2.23. The number of halogens is 1. The van der Waals surface area contributed by atoms with Crippen LogP contribution in [0.4, 0.5) is 0 Å². The fraction of sp³-hybridized carbons (Fsp3) is 0.600. The molecular weight excluding hydrogens is 262 g/mol. The molecule has 2 rings (SSSR count). The molecule has 0 amide bonds. The molecule has 1 fully saturated rings. The third-order valence-corrected chi connectivity index (χ3v) is 4.15. The van der Waals surface area contributed by atoms with Gasteiger partial charge in [-0.25, -0.2) is 0 Å². The first-order valence-corrected chi connectivity index (χ1v) is 6.48. The largest absolute Gasteiger partial charge is 0.377 e. The maximum absolute atomic E-state index is 6.09. The molecule has 4 heteroatoms. The van der Waals surface area contributed by atoms with E-state index in [0.717, 1.165) is 25.9 Å². The van der Waals surface area contributed by atoms with Crippen LogP contribution < -0.4 is 5.73 Å². The Bertz CT molecular complexity index is 296. The Morgan fingerprint density at radius 1 is 1.64 bits per heavy atom. The van der Waals surface area contributed by atoms with E-state index in [1.165, 1.54) is 8.66 Å². The van der Waals surface area contributed by atoms with Gasteiger partial charge in [-0.3, -0.25) is 0 Å². The van der Waals surface area contributed by atoms with Crippen molar-refractivity contribution in [2.75, 3.05) is 6.61 Å². The zero-order valence-corrected chi connectivity index (χ0v) is 10.3. The molecule has 0 bridgehead atoms. The van der Waals surface area contributed by atoms with E-state index in [4.69, 9.17) is 10.5 Å². The highest BCUT2D eigenvalue weighted by molar-refractivity contribution is 9.11. The van der Waals surface area contributed by atoms with Gasteiger partial charge in [0.25, 0.3) is 0 Å². The average molecular weight is 276 g/mol. The molecule has 0 spiro atoms. The quantitative estimate of drug-likeness (QED) is 0.920. The van der Waals surface area contributed by atoms with Crippen molar-refractivity contribution in [1.29, 1.82) is 0 Å². The fourth-order valence-electron chi connectivity index (χ4n) is 1.77. The van der Waals surface area contributed by atoms with Crippen LogP contribution in [-0.2, 0) is 11.2 Å². The van der Waals surface area contributed by atoms with Crippen LogP contribution in [0.3, 0.4) is 0 Å². The summed E-state index contributed by atoms with van der Waals surface area (Å²) in [5.74, 6) is 0. The van der Waals surface area contributed by atoms with E-state index in [2.05, 4.69) is 28.1 Å². The smallest absolute Gasteiger partial charge is 0.0730 e. The fourth-order valence-corrected chi connectivity index (χ4v) is 3.32. The van der Waals surface area contributed by atoms with E-state index < -0.39 is 0 Å². The van der Waals surface area contributed by atoms with E-state index in [9.17, 15) is 0 Å². The average Bonchev–Trinajstić information content (AvgIpc) is 2.75. The molecule has 2 unspecified atom stereocenters. The maximum Gasteiger partial charge on any atom is 0.0730 e. The van der Waals surface area contributed by atoms with E-state index in [1.54, 1.807) is 11.3 Å². The first-order valence-electron chi connectivity index (χ1n) is 4.87. The summed E-state index contributed by atoms with van der Waals surface area (Å²) in [6.07, 6.45) is 3.48. The van der Waals surface area contributed by atoms with Crippen molar-refractivity contribution in [3.05, 3.63) is 20.8 Å². The molecule has 1 aromatic rings. The second kappa shape index (κ2) is 4.75. The lowest BCUT2D eigenvalue weighted by atomic mass is 10.1. The third-order valence-electron chi connectivity index (χ3n) is 2.51. The zero-order valence-electron chi connectivity index (χ0n) is 7.91. The summed E-state index contributed by atoms with van der Waals surface area (Å²) in [5, 5.41) is 0. The van der Waals surface area contributed by atoms with Crippen molar-refractivity contribution in [1.82, 2.24) is 0 Å². The second-order valence-corrected chi connectivity index (χ2v) is 6.17. The molecule has 78 valence electrons. The Kier molecular flexibility index (Phi) is 3.60. The lowest BCUT2D eigenvalue weighted by molar-refractivity contribution is 0.0902. The van der Waals surface area contributed by atoms with Gasteiger partial charge in [-0.05, 0) is 47.3 Å². The molecule has 0 saturated carbocycles. The van der Waals surface area contributed by atoms with Crippen LogP contribution in [0.1, 0.15) is 17.7 Å². The van der Waals surface area contributed by atoms with Crippen LogP contribution in [0.5, 0.6) is 0 Å². The number of rotatable bonds is 3. The summed E-state index contributed by atoms with van der Waals surface area (Å²) >= 11 is 5.21. The number of hydrogen-bond donors (Lipinski definition) is 1. The minimum Gasteiger partial charge on any atom is -0.377 e. The summed E-state index contributed by atoms with van der Waals surface area (Å²) in [5.41, 5.74) is 6.09. The Morgan fingerprint density at radius 2 is 2.50 bits per heavy atom. The SMILES string of the molecule is NC(Cc1ccc(Br)s1)C1CCCO1. The first kappa shape index (κ1) is 10.6. The topological polar surface area (TPSA) is 35.2 Å². The predicted octanol–water partition coefficient (Wildman–Crippen LogP) is 2.56. The second-order valence-electron chi connectivity index (χ2n) is 3.63. The summed E-state index contributed by atoms with van der Waals surface area (Å²) in [4.78, 5) is 1.33. The lowest BCUT2D eigenvalue weighted by Crippen LogP contribution is -2.35. The molecule has 14 heavy (non-hydrogen) atoms. The van der Waals surface area contributed by atoms with E-state index >= 15 is 0 Å². The highest BCUT2D eigenvalue weighted by atomic mass is 79.9. The van der Waals surface area contributed by atoms with Gasteiger partial charge in [0, 0.05) is 17.5 Å². The number of thiophene rings is 1. The first-order chi connectivity index (χ1) is 6.75. The van der Waals surface area contributed by atoms with Gasteiger partial charge < -0.3 is 10.5 Å². The van der Waals surface area contributed by atoms with Crippen LogP contribution in [0.15, 0.2) is 15.9 Å². The number of ether oxygens (including phenoxy) is 1. The molecule has 1 aliphatic heterocycles.